The predicted octanol–water partition coefficient (Wildman–Crippen LogP) is 6.14. The van der Waals surface area contributed by atoms with Crippen LogP contribution < -0.4 is 14.8 Å². The maximum Gasteiger partial charge on any atom is 0.261 e. The lowest BCUT2D eigenvalue weighted by atomic mass is 10.0. The van der Waals surface area contributed by atoms with Crippen molar-refractivity contribution in [2.24, 2.45) is 0 Å². The van der Waals surface area contributed by atoms with Gasteiger partial charge in [-0.1, -0.05) is 72.8 Å². The van der Waals surface area contributed by atoms with Gasteiger partial charge < -0.3 is 15.0 Å². The fraction of sp³-hybridized carbons (Fsp3) is 0.158. The second-order valence-corrected chi connectivity index (χ2v) is 12.9. The summed E-state index contributed by atoms with van der Waals surface area (Å²) in [5.41, 5.74) is 2.71. The minimum Gasteiger partial charge on any atom is -0.484 e. The summed E-state index contributed by atoms with van der Waals surface area (Å²) in [6.45, 7) is -0.0868. The summed E-state index contributed by atoms with van der Waals surface area (Å²) in [4.78, 5) is 29.0. The molecule has 5 aromatic carbocycles. The number of sulfonamides is 1. The predicted molar refractivity (Wildman–Crippen MR) is 183 cm³/mol. The SMILES string of the molecule is O=C(NCCc1ccccc1)[C@@H](Cc1ccccc1)N(Cc1ccc(F)cc1)C(=O)COc1ccc(S(=O)(=O)Nc2ccc(F)cc2)cc1. The fourth-order valence-electron chi connectivity index (χ4n) is 5.11. The Balaban J connectivity index is 1.33. The molecule has 2 amide bonds. The third kappa shape index (κ3) is 10.2. The van der Waals surface area contributed by atoms with Gasteiger partial charge in [0, 0.05) is 25.2 Å². The molecule has 0 aliphatic rings. The summed E-state index contributed by atoms with van der Waals surface area (Å²) in [5, 5.41) is 2.98. The Morgan fingerprint density at radius 1 is 0.694 bits per heavy atom. The zero-order chi connectivity index (χ0) is 34.6. The van der Waals surface area contributed by atoms with Gasteiger partial charge in [0.25, 0.3) is 15.9 Å². The highest BCUT2D eigenvalue weighted by molar-refractivity contribution is 7.92. The topological polar surface area (TPSA) is 105 Å². The third-order valence-electron chi connectivity index (χ3n) is 7.69. The Morgan fingerprint density at radius 2 is 1.27 bits per heavy atom. The summed E-state index contributed by atoms with van der Waals surface area (Å²) in [7, 11) is -3.98. The number of benzene rings is 5. The Hall–Kier alpha value is -5.55. The van der Waals surface area contributed by atoms with Crippen molar-refractivity contribution in [1.29, 1.82) is 0 Å². The fourth-order valence-corrected chi connectivity index (χ4v) is 6.17. The quantitative estimate of drug-likeness (QED) is 0.138. The van der Waals surface area contributed by atoms with E-state index in [0.717, 1.165) is 23.3 Å². The normalized spacial score (nSPS) is 11.7. The van der Waals surface area contributed by atoms with Gasteiger partial charge in [-0.2, -0.15) is 0 Å². The van der Waals surface area contributed by atoms with E-state index in [0.29, 0.717) is 18.5 Å². The maximum absolute atomic E-state index is 13.9. The number of nitrogens with zero attached hydrogens (tertiary/aromatic N) is 1. The van der Waals surface area contributed by atoms with E-state index in [4.69, 9.17) is 4.74 Å². The van der Waals surface area contributed by atoms with Crippen LogP contribution in [0.2, 0.25) is 0 Å². The summed E-state index contributed by atoms with van der Waals surface area (Å²) in [5.74, 6) is -1.55. The second kappa shape index (κ2) is 16.5. The Kier molecular flexibility index (Phi) is 11.7. The number of anilines is 1. The first-order chi connectivity index (χ1) is 23.7. The van der Waals surface area contributed by atoms with Crippen LogP contribution in [-0.4, -0.2) is 44.3 Å². The number of amides is 2. The monoisotopic (exact) mass is 683 g/mol. The highest BCUT2D eigenvalue weighted by Gasteiger charge is 2.30. The van der Waals surface area contributed by atoms with Crippen LogP contribution in [0.25, 0.3) is 0 Å². The molecule has 252 valence electrons. The molecule has 0 unspecified atom stereocenters. The Bertz CT molecular complexity index is 1930. The van der Waals surface area contributed by atoms with Gasteiger partial charge in [-0.25, -0.2) is 17.2 Å². The van der Waals surface area contributed by atoms with Crippen molar-refractivity contribution in [3.05, 3.63) is 162 Å². The van der Waals surface area contributed by atoms with E-state index in [-0.39, 0.29) is 35.2 Å². The Morgan fingerprint density at radius 3 is 1.88 bits per heavy atom. The van der Waals surface area contributed by atoms with Crippen molar-refractivity contribution in [3.8, 4) is 5.75 Å². The van der Waals surface area contributed by atoms with Crippen molar-refractivity contribution >= 4 is 27.5 Å². The van der Waals surface area contributed by atoms with Gasteiger partial charge in [0.2, 0.25) is 5.91 Å². The number of hydrogen-bond donors (Lipinski definition) is 2. The van der Waals surface area contributed by atoms with Gasteiger partial charge in [0.1, 0.15) is 23.4 Å². The number of hydrogen-bond acceptors (Lipinski definition) is 5. The summed E-state index contributed by atoms with van der Waals surface area (Å²) in [6, 6.07) is 34.2. The molecule has 0 radical (unpaired) electrons. The van der Waals surface area contributed by atoms with Crippen molar-refractivity contribution in [3.63, 3.8) is 0 Å². The maximum atomic E-state index is 13.9. The first kappa shape index (κ1) is 34.8. The van der Waals surface area contributed by atoms with E-state index < -0.39 is 40.2 Å². The molecule has 49 heavy (non-hydrogen) atoms. The van der Waals surface area contributed by atoms with E-state index in [1.165, 1.54) is 53.4 Å². The summed E-state index contributed by atoms with van der Waals surface area (Å²) in [6.07, 6.45) is 0.823. The first-order valence-electron chi connectivity index (χ1n) is 15.6. The van der Waals surface area contributed by atoms with Crippen molar-refractivity contribution in [1.82, 2.24) is 10.2 Å². The van der Waals surface area contributed by atoms with Gasteiger partial charge in [-0.05, 0) is 83.8 Å². The molecule has 0 aromatic heterocycles. The molecule has 5 rings (SSSR count). The van der Waals surface area contributed by atoms with Crippen LogP contribution in [0.3, 0.4) is 0 Å². The minimum atomic E-state index is -3.98. The van der Waals surface area contributed by atoms with Gasteiger partial charge >= 0.3 is 0 Å². The molecule has 0 fully saturated rings. The lowest BCUT2D eigenvalue weighted by molar-refractivity contribution is -0.142. The van der Waals surface area contributed by atoms with Crippen LogP contribution >= 0.6 is 0 Å². The van der Waals surface area contributed by atoms with Gasteiger partial charge in [0.05, 0.1) is 4.90 Å². The first-order valence-corrected chi connectivity index (χ1v) is 17.1. The van der Waals surface area contributed by atoms with Crippen LogP contribution in [0.4, 0.5) is 14.5 Å². The number of carbonyl (C=O) groups excluding carboxylic acids is 2. The van der Waals surface area contributed by atoms with Gasteiger partial charge in [0.15, 0.2) is 6.61 Å². The van der Waals surface area contributed by atoms with Gasteiger partial charge in [-0.15, -0.1) is 0 Å². The van der Waals surface area contributed by atoms with E-state index >= 15 is 0 Å². The molecule has 8 nitrogen and oxygen atoms in total. The molecule has 0 saturated carbocycles. The van der Waals surface area contributed by atoms with E-state index in [2.05, 4.69) is 10.0 Å². The lowest BCUT2D eigenvalue weighted by Gasteiger charge is -2.31. The number of rotatable bonds is 15. The van der Waals surface area contributed by atoms with E-state index in [1.807, 2.05) is 60.7 Å². The molecule has 5 aromatic rings. The molecule has 0 heterocycles. The number of ether oxygens (including phenoxy) is 1. The molecule has 1 atom stereocenters. The summed E-state index contributed by atoms with van der Waals surface area (Å²) >= 11 is 0. The molecule has 0 spiro atoms. The summed E-state index contributed by atoms with van der Waals surface area (Å²) < 4.78 is 60.8. The zero-order valence-electron chi connectivity index (χ0n) is 26.5. The second-order valence-electron chi connectivity index (χ2n) is 11.3. The van der Waals surface area contributed by atoms with E-state index in [1.54, 1.807) is 12.1 Å². The lowest BCUT2D eigenvalue weighted by Crippen LogP contribution is -2.52. The smallest absolute Gasteiger partial charge is 0.261 e. The molecular weight excluding hydrogens is 648 g/mol. The molecule has 11 heteroatoms. The molecular formula is C38H35F2N3O5S. The van der Waals surface area contributed by atoms with Crippen molar-refractivity contribution < 1.29 is 31.5 Å². The average Bonchev–Trinajstić information content (AvgIpc) is 3.11. The number of halogens is 2. The largest absolute Gasteiger partial charge is 0.484 e. The standard InChI is InChI=1S/C38H35F2N3O5S/c39-31-13-11-30(12-14-31)26-43(36(25-29-9-5-2-6-10-29)38(45)41-24-23-28-7-3-1-4-8-28)37(44)27-48-34-19-21-35(22-20-34)49(46,47)42-33-17-15-32(40)16-18-33/h1-22,36,42H,23-27H2,(H,41,45)/t36-/m1/s1. The van der Waals surface area contributed by atoms with Crippen LogP contribution in [0.5, 0.6) is 5.75 Å². The van der Waals surface area contributed by atoms with Crippen LogP contribution in [0.1, 0.15) is 16.7 Å². The van der Waals surface area contributed by atoms with Crippen LogP contribution in [0.15, 0.2) is 138 Å². The molecule has 2 N–H and O–H groups in total. The molecule has 0 aliphatic heterocycles. The highest BCUT2D eigenvalue weighted by atomic mass is 32.2. The van der Waals surface area contributed by atoms with E-state index in [9.17, 15) is 26.8 Å². The number of nitrogens with one attached hydrogen (secondary N) is 2. The van der Waals surface area contributed by atoms with Crippen LogP contribution in [-0.2, 0) is 39.0 Å². The van der Waals surface area contributed by atoms with Crippen molar-refractivity contribution in [2.75, 3.05) is 17.9 Å². The minimum absolute atomic E-state index is 0.0122. The zero-order valence-corrected chi connectivity index (χ0v) is 27.3. The third-order valence-corrected chi connectivity index (χ3v) is 9.08. The highest BCUT2D eigenvalue weighted by Crippen LogP contribution is 2.21. The number of carbonyl (C=O) groups is 2. The molecule has 0 saturated heterocycles. The average molecular weight is 684 g/mol. The van der Waals surface area contributed by atoms with Gasteiger partial charge in [-0.3, -0.25) is 14.3 Å². The molecule has 0 aliphatic carbocycles. The van der Waals surface area contributed by atoms with Crippen LogP contribution in [0, 0.1) is 11.6 Å². The van der Waals surface area contributed by atoms with Crippen molar-refractivity contribution in [2.45, 2.75) is 30.3 Å². The Labute approximate surface area is 284 Å². The molecule has 0 bridgehead atoms.